The van der Waals surface area contributed by atoms with Crippen LogP contribution >= 0.6 is 11.3 Å². The van der Waals surface area contributed by atoms with Gasteiger partial charge in [-0.2, -0.15) is 5.10 Å². The Morgan fingerprint density at radius 2 is 1.73 bits per heavy atom. The van der Waals surface area contributed by atoms with Crippen LogP contribution in [0.25, 0.3) is 21.5 Å². The molecule has 2 aliphatic heterocycles. The van der Waals surface area contributed by atoms with Crippen LogP contribution in [0.15, 0.2) is 54.9 Å². The number of aliphatic carboxylic acids is 1. The van der Waals surface area contributed by atoms with Gasteiger partial charge in [0.05, 0.1) is 18.1 Å². The van der Waals surface area contributed by atoms with Crippen LogP contribution in [0, 0.1) is 18.3 Å². The van der Waals surface area contributed by atoms with Crippen molar-refractivity contribution in [2.75, 3.05) is 29.1 Å². The van der Waals surface area contributed by atoms with Crippen molar-refractivity contribution in [1.82, 2.24) is 39.7 Å². The molecule has 1 aromatic carbocycles. The minimum atomic E-state index is -4.20. The number of anilines is 2. The number of carbonyl (C=O) groups excluding carboxylic acids is 4. The average Bonchev–Trinajstić information content (AvgIpc) is 4.05. The molecule has 71 heavy (non-hydrogen) atoms. The van der Waals surface area contributed by atoms with E-state index in [0.29, 0.717) is 69.8 Å². The first-order valence-electron chi connectivity index (χ1n) is 24.3. The van der Waals surface area contributed by atoms with Crippen LogP contribution in [-0.2, 0) is 43.9 Å². The Hall–Kier alpha value is -6.32. The minimum Gasteiger partial charge on any atom is -0.480 e. The summed E-state index contributed by atoms with van der Waals surface area (Å²) in [6.07, 6.45) is 9.35. The third-order valence-electron chi connectivity index (χ3n) is 13.7. The van der Waals surface area contributed by atoms with E-state index in [-0.39, 0.29) is 43.8 Å². The molecule has 378 valence electrons. The number of carboxylic acid groups (broad SMARTS) is 1. The van der Waals surface area contributed by atoms with Crippen LogP contribution in [0.1, 0.15) is 123 Å². The third kappa shape index (κ3) is 12.1. The first-order valence-corrected chi connectivity index (χ1v) is 26.8. The maximum atomic E-state index is 14.3. The topological polar surface area (TPSA) is 259 Å². The quantitative estimate of drug-likeness (QED) is 0.0685. The van der Waals surface area contributed by atoms with Crippen molar-refractivity contribution < 1.29 is 42.6 Å². The molecule has 1 aliphatic carbocycles. The van der Waals surface area contributed by atoms with E-state index in [1.165, 1.54) is 30.6 Å². The summed E-state index contributed by atoms with van der Waals surface area (Å²) >= 11 is 1.28. The van der Waals surface area contributed by atoms with Crippen molar-refractivity contribution >= 4 is 72.3 Å². The highest BCUT2D eigenvalue weighted by molar-refractivity contribution is 7.90. The number of hydrogen-bond acceptors (Lipinski definition) is 14. The molecule has 3 aliphatic rings. The molecule has 5 aromatic rings. The second kappa shape index (κ2) is 21.6. The number of nitrogens with zero attached hydrogens (tertiary/aromatic N) is 7. The lowest BCUT2D eigenvalue weighted by molar-refractivity contribution is -0.150. The monoisotopic (exact) mass is 1010 g/mol. The number of unbranched alkanes of at least 4 members (excludes halogenated alkanes) is 2. The Labute approximate surface area is 416 Å². The lowest BCUT2D eigenvalue weighted by Gasteiger charge is -2.34. The molecule has 2 fully saturated rings. The molecule has 5 N–H and O–H groups in total. The fourth-order valence-corrected chi connectivity index (χ4v) is 11.7. The van der Waals surface area contributed by atoms with Crippen LogP contribution in [0.4, 0.5) is 10.9 Å². The molecule has 1 saturated carbocycles. The fraction of sp³-hybridized carbons (Fsp3) is 0.500. The highest BCUT2D eigenvalue weighted by Gasteiger charge is 2.44. The molecule has 1 saturated heterocycles. The van der Waals surface area contributed by atoms with E-state index in [4.69, 9.17) is 10.1 Å². The van der Waals surface area contributed by atoms with Crippen molar-refractivity contribution in [3.05, 3.63) is 82.9 Å². The maximum Gasteiger partial charge on any atom is 0.326 e. The predicted molar refractivity (Wildman–Crippen MR) is 268 cm³/mol. The molecule has 21 heteroatoms. The van der Waals surface area contributed by atoms with E-state index in [1.807, 2.05) is 34.7 Å². The standard InChI is InChI=1S/C50H62N10O9S2/c1-30-36(26-52-60(30)27-31-13-7-5-8-14-31)34-19-20-40(58-23-21-32-15-11-16-35(37(32)29-58)44(63)56-49-53-38-17-12-22-51-46(38)70-49)54-42(34)45(64)57-71(68,69)24-10-6-9-18-41(62)55-43(50(2,3)4)47(65)59-28-33(61)25-39(59)48(66)67/h11-12,15-17,19-20,22,26,31,33,39,43,61H,5-10,13-14,18,21,23-25,27-29H2,1-4H3,(H,55,62)(H,57,64)(H,66,67)(H,53,56,63)/t33-,39+,43-/m1/s1. The summed E-state index contributed by atoms with van der Waals surface area (Å²) in [4.78, 5) is 84.0. The van der Waals surface area contributed by atoms with Crippen molar-refractivity contribution in [3.63, 3.8) is 0 Å². The predicted octanol–water partition coefficient (Wildman–Crippen LogP) is 5.85. The largest absolute Gasteiger partial charge is 0.480 e. The average molecular weight is 1010 g/mol. The van der Waals surface area contributed by atoms with Gasteiger partial charge < -0.3 is 25.3 Å². The van der Waals surface area contributed by atoms with Crippen molar-refractivity contribution in [2.24, 2.45) is 11.3 Å². The van der Waals surface area contributed by atoms with Crippen molar-refractivity contribution in [1.29, 1.82) is 0 Å². The second-order valence-electron chi connectivity index (χ2n) is 20.0. The van der Waals surface area contributed by atoms with Gasteiger partial charge in [0, 0.05) is 67.6 Å². The van der Waals surface area contributed by atoms with Crippen LogP contribution < -0.4 is 20.3 Å². The highest BCUT2D eigenvalue weighted by Crippen LogP contribution is 2.34. The normalized spacial score (nSPS) is 18.0. The second-order valence-corrected chi connectivity index (χ2v) is 22.8. The van der Waals surface area contributed by atoms with Gasteiger partial charge in [-0.25, -0.2) is 32.9 Å². The summed E-state index contributed by atoms with van der Waals surface area (Å²) in [7, 11) is -4.20. The van der Waals surface area contributed by atoms with Crippen molar-refractivity contribution in [3.8, 4) is 11.1 Å². The molecule has 0 radical (unpaired) electrons. The molecule has 6 heterocycles. The first-order chi connectivity index (χ1) is 33.8. The van der Waals surface area contributed by atoms with Gasteiger partial charge in [0.2, 0.25) is 21.8 Å². The number of carbonyl (C=O) groups is 5. The van der Waals surface area contributed by atoms with Crippen LogP contribution in [0.5, 0.6) is 0 Å². The van der Waals surface area contributed by atoms with E-state index < -0.39 is 63.1 Å². The van der Waals surface area contributed by atoms with Gasteiger partial charge in [0.25, 0.3) is 11.8 Å². The summed E-state index contributed by atoms with van der Waals surface area (Å²) in [5.41, 5.74) is 3.99. The Kier molecular flexibility index (Phi) is 15.5. The Morgan fingerprint density at radius 3 is 2.48 bits per heavy atom. The minimum absolute atomic E-state index is 0.0287. The molecule has 3 atom stereocenters. The lowest BCUT2D eigenvalue weighted by atomic mass is 9.85. The number of fused-ring (bicyclic) bond motifs is 2. The number of rotatable bonds is 17. The van der Waals surface area contributed by atoms with Gasteiger partial charge in [-0.05, 0) is 91.8 Å². The number of pyridine rings is 2. The molecule has 4 amide bonds. The SMILES string of the molecule is Cc1c(-c2ccc(N3CCc4cccc(C(=O)Nc5nc6cccnc6s5)c4C3)nc2C(=O)NS(=O)(=O)CCCCCC(=O)N[C@H](C(=O)N2C[C@H](O)C[C@H]2C(=O)O)C(C)(C)C)cnn1CC1CCCCC1. The van der Waals surface area contributed by atoms with Crippen LogP contribution in [0.3, 0.4) is 0 Å². The number of β-amino-alcohol motifs (C(OH)–C–C–N with tert-alkyl or cyclic N) is 1. The van der Waals surface area contributed by atoms with Gasteiger partial charge >= 0.3 is 5.97 Å². The molecular weight excluding hydrogens is 949 g/mol. The number of aromatic nitrogens is 5. The summed E-state index contributed by atoms with van der Waals surface area (Å²) < 4.78 is 31.4. The van der Waals surface area contributed by atoms with Gasteiger partial charge in [0.15, 0.2) is 5.13 Å². The van der Waals surface area contributed by atoms with Gasteiger partial charge in [-0.3, -0.25) is 29.2 Å². The summed E-state index contributed by atoms with van der Waals surface area (Å²) in [5.74, 6) is -3.02. The number of likely N-dealkylation sites (tertiary alicyclic amines) is 1. The molecule has 0 spiro atoms. The number of hydrogen-bond donors (Lipinski definition) is 5. The van der Waals surface area contributed by atoms with Gasteiger partial charge in [-0.15, -0.1) is 0 Å². The summed E-state index contributed by atoms with van der Waals surface area (Å²) in [6.45, 7) is 8.56. The summed E-state index contributed by atoms with van der Waals surface area (Å²) in [6, 6.07) is 10.5. The molecule has 8 rings (SSSR count). The number of carboxylic acids is 1. The van der Waals surface area contributed by atoms with E-state index in [2.05, 4.69) is 25.3 Å². The number of sulfonamides is 1. The Bertz CT molecular complexity index is 2890. The van der Waals surface area contributed by atoms with Crippen molar-refractivity contribution in [2.45, 2.75) is 130 Å². The lowest BCUT2D eigenvalue weighted by Crippen LogP contribution is -2.56. The number of aliphatic hydroxyl groups is 1. The molecule has 0 bridgehead atoms. The first kappa shape index (κ1) is 51.0. The summed E-state index contributed by atoms with van der Waals surface area (Å²) in [5, 5.41) is 30.6. The van der Waals surface area contributed by atoms with Crippen LogP contribution in [0.2, 0.25) is 0 Å². The maximum absolute atomic E-state index is 14.3. The van der Waals surface area contributed by atoms with E-state index in [1.54, 1.807) is 57.4 Å². The zero-order valence-electron chi connectivity index (χ0n) is 40.5. The Morgan fingerprint density at radius 1 is 0.944 bits per heavy atom. The van der Waals surface area contributed by atoms with E-state index in [0.717, 1.165) is 41.1 Å². The van der Waals surface area contributed by atoms with Gasteiger partial charge in [0.1, 0.15) is 33.9 Å². The zero-order valence-corrected chi connectivity index (χ0v) is 42.2. The van der Waals surface area contributed by atoms with E-state index in [9.17, 15) is 42.6 Å². The molecule has 19 nitrogen and oxygen atoms in total. The number of nitrogens with one attached hydrogen (secondary N) is 3. The number of benzene rings is 1. The smallest absolute Gasteiger partial charge is 0.326 e. The van der Waals surface area contributed by atoms with E-state index >= 15 is 0 Å². The molecule has 4 aromatic heterocycles. The highest BCUT2D eigenvalue weighted by atomic mass is 32.2. The number of aliphatic hydroxyl groups excluding tert-OH is 1. The molecular formula is C50H62N10O9S2. The zero-order chi connectivity index (χ0) is 50.6. The third-order valence-corrected chi connectivity index (χ3v) is 15.9. The van der Waals surface area contributed by atoms with Crippen LogP contribution in [-0.4, -0.2) is 115 Å². The number of thiazole rings is 1. The van der Waals surface area contributed by atoms with Gasteiger partial charge in [-0.1, -0.05) is 69.9 Å². The fourth-order valence-electron chi connectivity index (χ4n) is 9.84. The Balaban J connectivity index is 0.951. The number of amides is 4. The molecule has 0 unspecified atom stereocenters.